The van der Waals surface area contributed by atoms with Crippen LogP contribution in [0.5, 0.6) is 17.2 Å². The molecule has 0 spiro atoms. The average molecular weight is 410 g/mol. The number of amides is 1. The molecule has 3 rings (SSSR count). The molecule has 1 saturated carbocycles. The van der Waals surface area contributed by atoms with E-state index in [0.717, 1.165) is 29.9 Å². The fraction of sp³-hybridized carbons (Fsp3) is 0.350. The highest BCUT2D eigenvalue weighted by molar-refractivity contribution is 6.42. The molecule has 0 aliphatic heterocycles. The number of carbonyl (C=O) groups excluding carboxylic acids is 1. The van der Waals surface area contributed by atoms with Crippen molar-refractivity contribution < 1.29 is 19.0 Å². The van der Waals surface area contributed by atoms with Crippen LogP contribution in [0, 0.1) is 0 Å². The minimum absolute atomic E-state index is 0.0687. The summed E-state index contributed by atoms with van der Waals surface area (Å²) < 4.78 is 16.3. The molecule has 0 saturated heterocycles. The normalized spacial score (nSPS) is 13.2. The Hall–Kier alpha value is -2.11. The summed E-state index contributed by atoms with van der Waals surface area (Å²) in [6.45, 7) is 0.370. The van der Waals surface area contributed by atoms with Gasteiger partial charge in [0.2, 0.25) is 0 Å². The molecular weight excluding hydrogens is 389 g/mol. The monoisotopic (exact) mass is 409 g/mol. The maximum atomic E-state index is 12.8. The molecule has 0 N–H and O–H groups in total. The van der Waals surface area contributed by atoms with Crippen molar-refractivity contribution >= 4 is 29.1 Å². The number of hydrogen-bond acceptors (Lipinski definition) is 4. The quantitative estimate of drug-likeness (QED) is 0.639. The molecule has 0 radical (unpaired) electrons. The minimum atomic E-state index is -0.0894. The third kappa shape index (κ3) is 4.99. The Bertz CT molecular complexity index is 824. The lowest BCUT2D eigenvalue weighted by atomic mass is 10.1. The first-order chi connectivity index (χ1) is 13.0. The van der Waals surface area contributed by atoms with Crippen LogP contribution in [0.1, 0.15) is 18.4 Å². The van der Waals surface area contributed by atoms with Gasteiger partial charge in [0.05, 0.1) is 24.3 Å². The molecule has 2 aromatic carbocycles. The van der Waals surface area contributed by atoms with E-state index in [9.17, 15) is 4.79 Å². The van der Waals surface area contributed by atoms with Gasteiger partial charge < -0.3 is 19.1 Å². The second-order valence-corrected chi connectivity index (χ2v) is 7.11. The summed E-state index contributed by atoms with van der Waals surface area (Å²) >= 11 is 11.9. The molecule has 7 heteroatoms. The van der Waals surface area contributed by atoms with Gasteiger partial charge in [0, 0.05) is 24.2 Å². The van der Waals surface area contributed by atoms with Crippen LogP contribution in [-0.2, 0) is 11.3 Å². The molecule has 0 bridgehead atoms. The van der Waals surface area contributed by atoms with Crippen LogP contribution in [0.25, 0.3) is 0 Å². The highest BCUT2D eigenvalue weighted by atomic mass is 35.5. The van der Waals surface area contributed by atoms with Gasteiger partial charge in [-0.05, 0) is 43.2 Å². The van der Waals surface area contributed by atoms with E-state index in [4.69, 9.17) is 37.4 Å². The first kappa shape index (κ1) is 19.6. The van der Waals surface area contributed by atoms with Gasteiger partial charge in [-0.15, -0.1) is 0 Å². The fourth-order valence-electron chi connectivity index (χ4n) is 2.79. The Morgan fingerprint density at radius 1 is 1.04 bits per heavy atom. The number of benzene rings is 2. The topological polar surface area (TPSA) is 48.0 Å². The second kappa shape index (κ2) is 8.72. The van der Waals surface area contributed by atoms with E-state index in [0.29, 0.717) is 22.3 Å². The van der Waals surface area contributed by atoms with Crippen molar-refractivity contribution in [3.05, 3.63) is 52.0 Å². The number of hydrogen-bond donors (Lipinski definition) is 0. The van der Waals surface area contributed by atoms with Crippen molar-refractivity contribution in [2.24, 2.45) is 0 Å². The van der Waals surface area contributed by atoms with Crippen molar-refractivity contribution in [1.82, 2.24) is 4.90 Å². The molecule has 5 nitrogen and oxygen atoms in total. The lowest BCUT2D eigenvalue weighted by Gasteiger charge is -2.24. The average Bonchev–Trinajstić information content (AvgIpc) is 3.51. The van der Waals surface area contributed by atoms with Gasteiger partial charge in [0.25, 0.3) is 5.91 Å². The maximum absolute atomic E-state index is 12.8. The van der Waals surface area contributed by atoms with Crippen LogP contribution in [0.2, 0.25) is 10.0 Å². The Kier molecular flexibility index (Phi) is 6.34. The van der Waals surface area contributed by atoms with Gasteiger partial charge >= 0.3 is 0 Å². The fourth-order valence-corrected chi connectivity index (χ4v) is 3.08. The van der Waals surface area contributed by atoms with Crippen molar-refractivity contribution in [1.29, 1.82) is 0 Å². The third-order valence-corrected chi connectivity index (χ3v) is 5.13. The lowest BCUT2D eigenvalue weighted by molar-refractivity contribution is -0.134. The molecule has 2 aromatic rings. The summed E-state index contributed by atoms with van der Waals surface area (Å²) in [5.74, 6) is 1.86. The summed E-state index contributed by atoms with van der Waals surface area (Å²) in [5, 5.41) is 0.835. The van der Waals surface area contributed by atoms with Crippen molar-refractivity contribution in [2.75, 3.05) is 20.8 Å². The smallest absolute Gasteiger partial charge is 0.261 e. The third-order valence-electron chi connectivity index (χ3n) is 4.39. The number of nitrogens with zero attached hydrogens (tertiary/aromatic N) is 1. The van der Waals surface area contributed by atoms with Gasteiger partial charge in [-0.25, -0.2) is 0 Å². The zero-order valence-electron chi connectivity index (χ0n) is 15.2. The molecule has 0 atom stereocenters. The second-order valence-electron chi connectivity index (χ2n) is 6.30. The molecule has 1 fully saturated rings. The molecule has 1 amide bonds. The Morgan fingerprint density at radius 3 is 2.41 bits per heavy atom. The van der Waals surface area contributed by atoms with E-state index in [1.165, 1.54) is 0 Å². The van der Waals surface area contributed by atoms with E-state index in [-0.39, 0.29) is 18.6 Å². The molecule has 0 heterocycles. The summed E-state index contributed by atoms with van der Waals surface area (Å²) in [5.41, 5.74) is 0.895. The van der Waals surface area contributed by atoms with E-state index in [1.807, 2.05) is 23.1 Å². The highest BCUT2D eigenvalue weighted by Gasteiger charge is 2.33. The largest absolute Gasteiger partial charge is 0.497 e. The zero-order chi connectivity index (χ0) is 19.4. The minimum Gasteiger partial charge on any atom is -0.497 e. The first-order valence-corrected chi connectivity index (χ1v) is 9.35. The number of carbonyl (C=O) groups is 1. The van der Waals surface area contributed by atoms with Gasteiger partial charge in [0.1, 0.15) is 17.2 Å². The first-order valence-electron chi connectivity index (χ1n) is 8.60. The summed E-state index contributed by atoms with van der Waals surface area (Å²) in [6.07, 6.45) is 1.98. The standard InChI is InChI=1S/C20H21Cl2NO4/c1-25-15-6-8-19(26-2)13(9-15)11-23(14-3-4-14)20(24)12-27-16-5-7-17(21)18(22)10-16/h5-10,14H,3-4,11-12H2,1-2H3. The lowest BCUT2D eigenvalue weighted by Crippen LogP contribution is -2.36. The molecular formula is C20H21Cl2NO4. The summed E-state index contributed by atoms with van der Waals surface area (Å²) in [6, 6.07) is 10.7. The number of methoxy groups -OCH3 is 2. The van der Waals surface area contributed by atoms with Gasteiger partial charge in [-0.3, -0.25) is 4.79 Å². The van der Waals surface area contributed by atoms with Crippen LogP contribution in [-0.4, -0.2) is 37.7 Å². The maximum Gasteiger partial charge on any atom is 0.261 e. The van der Waals surface area contributed by atoms with E-state index in [1.54, 1.807) is 32.4 Å². The SMILES string of the molecule is COc1ccc(OC)c(CN(C(=O)COc2ccc(Cl)c(Cl)c2)C2CC2)c1. The number of ether oxygens (including phenoxy) is 3. The molecule has 144 valence electrons. The molecule has 0 aromatic heterocycles. The predicted octanol–water partition coefficient (Wildman–Crippen LogP) is 4.58. The Balaban J connectivity index is 1.70. The van der Waals surface area contributed by atoms with Crippen LogP contribution >= 0.6 is 23.2 Å². The van der Waals surface area contributed by atoms with Crippen LogP contribution in [0.15, 0.2) is 36.4 Å². The summed E-state index contributed by atoms with van der Waals surface area (Å²) in [7, 11) is 3.22. The molecule has 1 aliphatic carbocycles. The van der Waals surface area contributed by atoms with Gasteiger partial charge in [0.15, 0.2) is 6.61 Å². The van der Waals surface area contributed by atoms with Crippen LogP contribution < -0.4 is 14.2 Å². The van der Waals surface area contributed by atoms with Crippen LogP contribution in [0.4, 0.5) is 0 Å². The Labute approximate surface area is 168 Å². The number of rotatable bonds is 8. The Morgan fingerprint density at radius 2 is 1.78 bits per heavy atom. The van der Waals surface area contributed by atoms with E-state index >= 15 is 0 Å². The van der Waals surface area contributed by atoms with Crippen molar-refractivity contribution in [3.63, 3.8) is 0 Å². The van der Waals surface area contributed by atoms with Gasteiger partial charge in [-0.1, -0.05) is 23.2 Å². The number of halogens is 2. The van der Waals surface area contributed by atoms with Gasteiger partial charge in [-0.2, -0.15) is 0 Å². The van der Waals surface area contributed by atoms with E-state index in [2.05, 4.69) is 0 Å². The molecule has 1 aliphatic rings. The van der Waals surface area contributed by atoms with Crippen molar-refractivity contribution in [2.45, 2.75) is 25.4 Å². The van der Waals surface area contributed by atoms with Crippen LogP contribution in [0.3, 0.4) is 0 Å². The molecule has 27 heavy (non-hydrogen) atoms. The predicted molar refractivity (Wildman–Crippen MR) is 105 cm³/mol. The van der Waals surface area contributed by atoms with Crippen molar-refractivity contribution in [3.8, 4) is 17.2 Å². The highest BCUT2D eigenvalue weighted by Crippen LogP contribution is 2.32. The molecule has 0 unspecified atom stereocenters. The van der Waals surface area contributed by atoms with E-state index < -0.39 is 0 Å². The summed E-state index contributed by atoms with van der Waals surface area (Å²) in [4.78, 5) is 14.6. The zero-order valence-corrected chi connectivity index (χ0v) is 16.7.